The lowest BCUT2D eigenvalue weighted by Crippen LogP contribution is -2.28. The summed E-state index contributed by atoms with van der Waals surface area (Å²) in [5.41, 5.74) is 2.97. The maximum atomic E-state index is 13.0. The van der Waals surface area contributed by atoms with E-state index in [9.17, 15) is 4.79 Å². The molecule has 160 valence electrons. The van der Waals surface area contributed by atoms with Crippen LogP contribution < -0.4 is 4.90 Å². The highest BCUT2D eigenvalue weighted by Gasteiger charge is 2.32. The van der Waals surface area contributed by atoms with E-state index in [2.05, 4.69) is 41.1 Å². The Morgan fingerprint density at radius 1 is 0.969 bits per heavy atom. The van der Waals surface area contributed by atoms with Crippen molar-refractivity contribution < 1.29 is 4.79 Å². The fourth-order valence-electron chi connectivity index (χ4n) is 3.78. The highest BCUT2D eigenvalue weighted by Crippen LogP contribution is 2.45. The Labute approximate surface area is 195 Å². The molecule has 3 aromatic rings. The van der Waals surface area contributed by atoms with Crippen molar-refractivity contribution in [1.29, 1.82) is 0 Å². The third-order valence-corrected chi connectivity index (χ3v) is 7.50. The van der Waals surface area contributed by atoms with E-state index in [1.54, 1.807) is 22.9 Å². The van der Waals surface area contributed by atoms with Crippen molar-refractivity contribution in [3.05, 3.63) is 82.9 Å². The van der Waals surface area contributed by atoms with Gasteiger partial charge in [0.1, 0.15) is 0 Å². The van der Waals surface area contributed by atoms with Crippen molar-refractivity contribution >= 4 is 56.9 Å². The van der Waals surface area contributed by atoms with Gasteiger partial charge in [-0.2, -0.15) is 0 Å². The van der Waals surface area contributed by atoms with Gasteiger partial charge < -0.3 is 4.90 Å². The summed E-state index contributed by atoms with van der Waals surface area (Å²) >= 11 is 3.16. The van der Waals surface area contributed by atoms with Crippen molar-refractivity contribution in [3.63, 3.8) is 0 Å². The average molecular weight is 459 g/mol. The largest absolute Gasteiger partial charge is 0.335 e. The number of allylic oxidation sites excluding steroid dienone is 2. The van der Waals surface area contributed by atoms with Gasteiger partial charge in [0.25, 0.3) is 5.91 Å². The number of aliphatic imine (C=N–C) groups is 1. The number of benzene rings is 2. The molecule has 2 aliphatic rings. The normalized spacial score (nSPS) is 19.7. The monoisotopic (exact) mass is 458 g/mol. The van der Waals surface area contributed by atoms with E-state index in [0.717, 1.165) is 28.2 Å². The quantitative estimate of drug-likeness (QED) is 0.437. The Balaban J connectivity index is 1.43. The molecule has 32 heavy (non-hydrogen) atoms. The van der Waals surface area contributed by atoms with Gasteiger partial charge in [-0.15, -0.1) is 0 Å². The number of hydrogen-bond acceptors (Lipinski definition) is 6. The number of amides is 1. The van der Waals surface area contributed by atoms with E-state index >= 15 is 0 Å². The minimum absolute atomic E-state index is 0.000819. The summed E-state index contributed by atoms with van der Waals surface area (Å²) in [7, 11) is 0. The minimum atomic E-state index is -0.000819. The lowest BCUT2D eigenvalue weighted by Gasteiger charge is -2.17. The second-order valence-corrected chi connectivity index (χ2v) is 9.35. The number of rotatable bonds is 4. The number of para-hydroxylation sites is 1. The van der Waals surface area contributed by atoms with Gasteiger partial charge in [-0.3, -0.25) is 14.7 Å². The Kier molecular flexibility index (Phi) is 5.76. The van der Waals surface area contributed by atoms with Crippen LogP contribution in [-0.2, 0) is 4.79 Å². The van der Waals surface area contributed by atoms with E-state index in [0.29, 0.717) is 16.6 Å². The number of pyridine rings is 1. The zero-order chi connectivity index (χ0) is 22.1. The molecule has 1 saturated heterocycles. The predicted octanol–water partition coefficient (Wildman–Crippen LogP) is 6.18. The van der Waals surface area contributed by atoms with Gasteiger partial charge >= 0.3 is 0 Å². The molecule has 2 aromatic carbocycles. The van der Waals surface area contributed by atoms with E-state index in [1.165, 1.54) is 22.3 Å². The zero-order valence-corrected chi connectivity index (χ0v) is 19.5. The number of nitrogens with zero attached hydrogens (tertiary/aromatic N) is 4. The fraction of sp³-hybridized carbons (Fsp3) is 0.160. The number of aromatic nitrogens is 1. The first-order valence-electron chi connectivity index (χ1n) is 10.6. The molecule has 0 bridgehead atoms. The lowest BCUT2D eigenvalue weighted by atomic mass is 10.2. The molecular formula is C25H22N4OS2. The van der Waals surface area contributed by atoms with Crippen LogP contribution in [0.5, 0.6) is 0 Å². The number of anilines is 1. The highest BCUT2D eigenvalue weighted by atomic mass is 32.2. The number of likely N-dealkylation sites (N-methyl/N-ethyl adjacent to an activating group) is 1. The molecule has 0 N–H and O–H groups in total. The fourth-order valence-corrected chi connectivity index (χ4v) is 5.91. The molecule has 0 radical (unpaired) electrons. The molecule has 7 heteroatoms. The highest BCUT2D eigenvalue weighted by molar-refractivity contribution is 8.18. The zero-order valence-electron chi connectivity index (χ0n) is 17.9. The van der Waals surface area contributed by atoms with E-state index < -0.39 is 0 Å². The molecule has 0 aliphatic carbocycles. The summed E-state index contributed by atoms with van der Waals surface area (Å²) in [5.74, 6) is -0.000819. The molecule has 3 heterocycles. The van der Waals surface area contributed by atoms with E-state index in [4.69, 9.17) is 4.99 Å². The van der Waals surface area contributed by atoms with Crippen LogP contribution >= 0.6 is 23.5 Å². The van der Waals surface area contributed by atoms with Crippen molar-refractivity contribution in [2.75, 3.05) is 18.0 Å². The molecule has 0 atom stereocenters. The molecule has 1 fully saturated rings. The van der Waals surface area contributed by atoms with Gasteiger partial charge in [-0.1, -0.05) is 30.0 Å². The lowest BCUT2D eigenvalue weighted by molar-refractivity contribution is -0.122. The molecule has 0 saturated carbocycles. The van der Waals surface area contributed by atoms with Crippen LogP contribution in [0.1, 0.15) is 13.8 Å². The minimum Gasteiger partial charge on any atom is -0.335 e. The van der Waals surface area contributed by atoms with Gasteiger partial charge in [0, 0.05) is 29.6 Å². The van der Waals surface area contributed by atoms with Gasteiger partial charge in [-0.25, -0.2) is 4.99 Å². The summed E-state index contributed by atoms with van der Waals surface area (Å²) in [6.45, 7) is 5.57. The smallest absolute Gasteiger partial charge is 0.266 e. The molecule has 5 nitrogen and oxygen atoms in total. The third kappa shape index (κ3) is 3.82. The first-order chi connectivity index (χ1) is 15.7. The molecule has 2 aliphatic heterocycles. The molecule has 0 unspecified atom stereocenters. The predicted molar refractivity (Wildman–Crippen MR) is 135 cm³/mol. The van der Waals surface area contributed by atoms with Crippen LogP contribution in [0.3, 0.4) is 0 Å². The molecule has 1 amide bonds. The maximum absolute atomic E-state index is 13.0. The van der Waals surface area contributed by atoms with E-state index in [-0.39, 0.29) is 5.91 Å². The van der Waals surface area contributed by atoms with Crippen molar-refractivity contribution in [2.45, 2.75) is 18.7 Å². The molecular weight excluding hydrogens is 436 g/mol. The van der Waals surface area contributed by atoms with Gasteiger partial charge in [0.15, 0.2) is 5.17 Å². The van der Waals surface area contributed by atoms with Gasteiger partial charge in [0.2, 0.25) is 0 Å². The van der Waals surface area contributed by atoms with Crippen LogP contribution in [0.15, 0.2) is 92.8 Å². The topological polar surface area (TPSA) is 48.8 Å². The van der Waals surface area contributed by atoms with Gasteiger partial charge in [0.05, 0.1) is 26.8 Å². The van der Waals surface area contributed by atoms with Crippen LogP contribution in [0.4, 0.5) is 11.4 Å². The summed E-state index contributed by atoms with van der Waals surface area (Å²) in [6, 6.07) is 18.2. The summed E-state index contributed by atoms with van der Waals surface area (Å²) < 4.78 is 0. The van der Waals surface area contributed by atoms with Crippen LogP contribution in [0.2, 0.25) is 0 Å². The number of carbonyl (C=O) groups excluding carboxylic acids is 1. The summed E-state index contributed by atoms with van der Waals surface area (Å²) in [4.78, 5) is 28.1. The number of hydrogen-bond donors (Lipinski definition) is 0. The van der Waals surface area contributed by atoms with Crippen LogP contribution in [0, 0.1) is 0 Å². The summed E-state index contributed by atoms with van der Waals surface area (Å²) in [5, 5.41) is 2.87. The Morgan fingerprint density at radius 3 is 2.66 bits per heavy atom. The van der Waals surface area contributed by atoms with E-state index in [1.807, 2.05) is 49.4 Å². The SMILES string of the molecule is CCN1C(=O)/C(=C/C=C2/Sc3ccccc3N2CC)SC1=Nc1ccc2ncccc2c1. The van der Waals surface area contributed by atoms with Crippen molar-refractivity contribution in [3.8, 4) is 0 Å². The number of carbonyl (C=O) groups is 1. The average Bonchev–Trinajstić information content (AvgIpc) is 3.33. The van der Waals surface area contributed by atoms with Gasteiger partial charge in [-0.05, 0) is 74.2 Å². The molecule has 0 spiro atoms. The first-order valence-corrected chi connectivity index (χ1v) is 12.2. The summed E-state index contributed by atoms with van der Waals surface area (Å²) in [6.07, 6.45) is 5.76. The van der Waals surface area contributed by atoms with Crippen molar-refractivity contribution in [1.82, 2.24) is 9.88 Å². The molecule has 1 aromatic heterocycles. The second kappa shape index (κ2) is 8.84. The Morgan fingerprint density at radius 2 is 1.81 bits per heavy atom. The van der Waals surface area contributed by atoms with Crippen LogP contribution in [0.25, 0.3) is 10.9 Å². The standard InChI is InChI=1S/C25H22N4OS2/c1-3-28-20-9-5-6-10-21(20)31-23(28)14-13-22-24(30)29(4-2)25(32-22)27-18-11-12-19-17(16-18)8-7-15-26-19/h5-16H,3-4H2,1-2H3/b22-13-,23-14+,27-25?. The maximum Gasteiger partial charge on any atom is 0.266 e. The Bertz CT molecular complexity index is 1300. The first kappa shape index (κ1) is 20.8. The van der Waals surface area contributed by atoms with Crippen LogP contribution in [-0.4, -0.2) is 34.0 Å². The van der Waals surface area contributed by atoms with Crippen molar-refractivity contribution in [2.24, 2.45) is 4.99 Å². The third-order valence-electron chi connectivity index (χ3n) is 5.35. The Hall–Kier alpha value is -3.03. The number of thioether (sulfide) groups is 2. The molecule has 5 rings (SSSR count). The number of amidine groups is 1. The number of fused-ring (bicyclic) bond motifs is 2. The second-order valence-electron chi connectivity index (χ2n) is 7.28.